The van der Waals surface area contributed by atoms with E-state index in [1.54, 1.807) is 12.3 Å². The molecule has 2 N–H and O–H groups in total. The molecule has 0 aliphatic heterocycles. The van der Waals surface area contributed by atoms with Crippen molar-refractivity contribution in [2.75, 3.05) is 12.4 Å². The monoisotopic (exact) mass is 387 g/mol. The summed E-state index contributed by atoms with van der Waals surface area (Å²) < 4.78 is 21.7. The van der Waals surface area contributed by atoms with Crippen LogP contribution in [0.15, 0.2) is 54.7 Å². The van der Waals surface area contributed by atoms with Gasteiger partial charge < -0.3 is 10.1 Å². The van der Waals surface area contributed by atoms with Gasteiger partial charge in [0.15, 0.2) is 11.6 Å². The quantitative estimate of drug-likeness (QED) is 0.500. The third kappa shape index (κ3) is 6.12. The summed E-state index contributed by atoms with van der Waals surface area (Å²) in [4.78, 5) is 4.25. The zero-order valence-corrected chi connectivity index (χ0v) is 16.8. The van der Waals surface area contributed by atoms with Gasteiger partial charge in [0.05, 0.1) is 12.6 Å². The molecule has 144 valence electrons. The summed E-state index contributed by atoms with van der Waals surface area (Å²) in [5.74, 6) is -0.203. The number of ether oxygens (including phenoxy) is 1. The molecular weight excluding hydrogens is 361 g/mol. The lowest BCUT2D eigenvalue weighted by Gasteiger charge is -2.10. The largest absolute Gasteiger partial charge is 0.494 e. The van der Waals surface area contributed by atoms with Crippen LogP contribution in [0, 0.1) is 5.82 Å². The van der Waals surface area contributed by atoms with Crippen molar-refractivity contribution in [1.29, 1.82) is 0 Å². The van der Waals surface area contributed by atoms with Gasteiger partial charge in [-0.15, -0.1) is 0 Å². The molecule has 0 spiro atoms. The van der Waals surface area contributed by atoms with Crippen molar-refractivity contribution >= 4 is 35.1 Å². The van der Waals surface area contributed by atoms with Crippen molar-refractivity contribution in [2.45, 2.75) is 32.7 Å². The minimum Gasteiger partial charge on any atom is -0.494 e. The van der Waals surface area contributed by atoms with Crippen LogP contribution in [0.2, 0.25) is 0 Å². The number of hydrogen-bond donors (Lipinski definition) is 3. The highest BCUT2D eigenvalue weighted by molar-refractivity contribution is 7.78. The number of para-hydroxylation sites is 1. The average molecular weight is 388 g/mol. The number of hydrogen-bond acceptors (Lipinski definition) is 5. The van der Waals surface area contributed by atoms with Gasteiger partial charge in [-0.1, -0.05) is 44.9 Å². The van der Waals surface area contributed by atoms with Gasteiger partial charge in [0.1, 0.15) is 0 Å². The van der Waals surface area contributed by atoms with E-state index in [0.717, 1.165) is 22.8 Å². The number of aromatic nitrogens is 1. The molecule has 4 rings (SSSR count). The predicted molar refractivity (Wildman–Crippen MR) is 114 cm³/mol. The Bertz CT molecular complexity index is 841. The number of nitrogens with zero attached hydrogens (tertiary/aromatic N) is 1. The summed E-state index contributed by atoms with van der Waals surface area (Å²) in [6.45, 7) is 4.00. The van der Waals surface area contributed by atoms with Crippen LogP contribution < -0.4 is 14.8 Å². The van der Waals surface area contributed by atoms with Gasteiger partial charge in [0.2, 0.25) is 0 Å². The number of benzene rings is 2. The first-order valence-corrected chi connectivity index (χ1v) is 9.50. The first kappa shape index (κ1) is 21.0. The van der Waals surface area contributed by atoms with E-state index in [-0.39, 0.29) is 5.75 Å². The Morgan fingerprint density at radius 1 is 1.11 bits per heavy atom. The van der Waals surface area contributed by atoms with Gasteiger partial charge >= 0.3 is 0 Å². The van der Waals surface area contributed by atoms with Crippen LogP contribution in [0.1, 0.15) is 26.7 Å². The maximum absolute atomic E-state index is 13.9. The van der Waals surface area contributed by atoms with Crippen LogP contribution in [-0.4, -0.2) is 18.1 Å². The summed E-state index contributed by atoms with van der Waals surface area (Å²) in [7, 11) is 1.44. The van der Waals surface area contributed by atoms with Gasteiger partial charge in [-0.05, 0) is 37.1 Å². The highest BCUT2D eigenvalue weighted by atomic mass is 32.1. The lowest BCUT2D eigenvalue weighted by Crippen LogP contribution is -1.98. The molecule has 2 aromatic carbocycles. The minimum atomic E-state index is -0.399. The predicted octanol–water partition coefficient (Wildman–Crippen LogP) is 5.74. The molecule has 0 amide bonds. The third-order valence-corrected chi connectivity index (χ3v) is 4.19. The van der Waals surface area contributed by atoms with E-state index in [9.17, 15) is 4.39 Å². The maximum Gasteiger partial charge on any atom is 0.165 e. The molecule has 1 aliphatic carbocycles. The molecule has 0 atom stereocenters. The van der Waals surface area contributed by atoms with Crippen molar-refractivity contribution in [2.24, 2.45) is 0 Å². The summed E-state index contributed by atoms with van der Waals surface area (Å²) in [5, 5.41) is 3.98. The molecule has 0 radical (unpaired) electrons. The topological polar surface area (TPSA) is 46.2 Å². The first-order chi connectivity index (χ1) is 13.2. The molecule has 0 unspecified atom stereocenters. The molecular formula is C21H26FN3OS. The lowest BCUT2D eigenvalue weighted by atomic mass is 10.1. The van der Waals surface area contributed by atoms with Gasteiger partial charge in [-0.2, -0.15) is 0 Å². The van der Waals surface area contributed by atoms with E-state index in [0.29, 0.717) is 5.52 Å². The maximum atomic E-state index is 13.9. The Hall–Kier alpha value is -2.31. The highest BCUT2D eigenvalue weighted by Gasteiger charge is 2.17. The van der Waals surface area contributed by atoms with Crippen molar-refractivity contribution in [3.05, 3.63) is 60.5 Å². The second-order valence-corrected chi connectivity index (χ2v) is 6.02. The molecule has 0 bridgehead atoms. The Labute approximate surface area is 165 Å². The summed E-state index contributed by atoms with van der Waals surface area (Å²) in [6.07, 6.45) is 4.33. The Kier molecular flexibility index (Phi) is 8.36. The molecule has 1 fully saturated rings. The highest BCUT2D eigenvalue weighted by Crippen LogP contribution is 2.29. The van der Waals surface area contributed by atoms with Crippen molar-refractivity contribution < 1.29 is 9.13 Å². The third-order valence-electron chi connectivity index (χ3n) is 3.83. The number of anilines is 2. The molecule has 27 heavy (non-hydrogen) atoms. The summed E-state index contributed by atoms with van der Waals surface area (Å²) in [6, 6.07) is 15.3. The first-order valence-electron chi connectivity index (χ1n) is 9.05. The van der Waals surface area contributed by atoms with Crippen LogP contribution in [0.3, 0.4) is 0 Å². The Morgan fingerprint density at radius 3 is 2.37 bits per heavy atom. The zero-order valence-electron chi connectivity index (χ0n) is 15.9. The number of fused-ring (bicyclic) bond motifs is 1. The number of nitrogens with one attached hydrogen (secondary N) is 2. The van der Waals surface area contributed by atoms with Crippen LogP contribution >= 0.6 is 12.8 Å². The number of methoxy groups -OCH3 is 1. The number of thiol groups is 1. The fourth-order valence-corrected chi connectivity index (χ4v) is 2.56. The van der Waals surface area contributed by atoms with E-state index >= 15 is 0 Å². The standard InChI is InChI=1S/C16H13FN2O.C3H7NS.C2H6/c1-20-16-10-15-12(9-13(16)17)14(7-8-18-15)19-11-5-3-2-4-6-11;5-4-3-1-2-3;1-2/h2-10H,1H3,(H,18,19);3-5H,1-2H2;1-2H3. The van der Waals surface area contributed by atoms with Gasteiger partial charge in [0.25, 0.3) is 0 Å². The molecule has 0 saturated heterocycles. The molecule has 6 heteroatoms. The molecule has 4 nitrogen and oxygen atoms in total. The van der Waals surface area contributed by atoms with Gasteiger partial charge in [-0.3, -0.25) is 9.71 Å². The van der Waals surface area contributed by atoms with Crippen LogP contribution in [-0.2, 0) is 0 Å². The van der Waals surface area contributed by atoms with Crippen LogP contribution in [0.5, 0.6) is 5.75 Å². The minimum absolute atomic E-state index is 0.196. The molecule has 1 aliphatic rings. The van der Waals surface area contributed by atoms with Gasteiger partial charge in [-0.25, -0.2) is 4.39 Å². The van der Waals surface area contributed by atoms with Crippen LogP contribution in [0.25, 0.3) is 10.9 Å². The SMILES string of the molecule is CC.COc1cc2nccc(Nc3ccccc3)c2cc1F.SNC1CC1. The smallest absolute Gasteiger partial charge is 0.165 e. The normalized spacial score (nSPS) is 12.3. The Balaban J connectivity index is 0.000000318. The van der Waals surface area contributed by atoms with Crippen molar-refractivity contribution in [3.63, 3.8) is 0 Å². The van der Waals surface area contributed by atoms with E-state index in [4.69, 9.17) is 4.74 Å². The Morgan fingerprint density at radius 2 is 1.81 bits per heavy atom. The summed E-state index contributed by atoms with van der Waals surface area (Å²) in [5.41, 5.74) is 2.43. The zero-order chi connectivity index (χ0) is 19.6. The van der Waals surface area contributed by atoms with E-state index in [2.05, 4.69) is 27.8 Å². The van der Waals surface area contributed by atoms with Gasteiger partial charge in [0, 0.05) is 35.1 Å². The number of pyridine rings is 1. The fourth-order valence-electron chi connectivity index (χ4n) is 2.30. The molecule has 3 aromatic rings. The van der Waals surface area contributed by atoms with Crippen molar-refractivity contribution in [3.8, 4) is 5.75 Å². The van der Waals surface area contributed by atoms with E-state index < -0.39 is 5.82 Å². The average Bonchev–Trinajstić information content (AvgIpc) is 3.56. The summed E-state index contributed by atoms with van der Waals surface area (Å²) >= 11 is 3.83. The van der Waals surface area contributed by atoms with E-state index in [1.807, 2.05) is 50.2 Å². The molecule has 1 saturated carbocycles. The number of rotatable bonds is 4. The van der Waals surface area contributed by atoms with Crippen LogP contribution in [0.4, 0.5) is 15.8 Å². The molecule has 1 aromatic heterocycles. The second kappa shape index (κ2) is 10.7. The van der Waals surface area contributed by atoms with Crippen molar-refractivity contribution in [1.82, 2.24) is 9.71 Å². The lowest BCUT2D eigenvalue weighted by molar-refractivity contribution is 0.387. The second-order valence-electron chi connectivity index (χ2n) is 5.76. The number of halogens is 1. The molecule has 1 heterocycles. The van der Waals surface area contributed by atoms with E-state index in [1.165, 1.54) is 26.0 Å². The fraction of sp³-hybridized carbons (Fsp3) is 0.286.